The molecule has 0 saturated carbocycles. The van der Waals surface area contributed by atoms with Crippen molar-refractivity contribution in [2.75, 3.05) is 5.75 Å². The summed E-state index contributed by atoms with van der Waals surface area (Å²) in [6, 6.07) is 10.9. The van der Waals surface area contributed by atoms with E-state index in [-0.39, 0.29) is 18.6 Å². The van der Waals surface area contributed by atoms with Gasteiger partial charge in [0.2, 0.25) is 17.7 Å². The zero-order valence-corrected chi connectivity index (χ0v) is 22.7. The molecule has 2 heterocycles. The third kappa shape index (κ3) is 6.64. The van der Waals surface area contributed by atoms with E-state index in [1.165, 1.54) is 6.92 Å². The summed E-state index contributed by atoms with van der Waals surface area (Å²) in [4.78, 5) is 56.7. The van der Waals surface area contributed by atoms with Crippen LogP contribution in [-0.2, 0) is 32.0 Å². The number of nitrogens with two attached hydrogens (primary N) is 1. The van der Waals surface area contributed by atoms with Crippen molar-refractivity contribution in [1.82, 2.24) is 25.9 Å². The molecule has 4 atom stereocenters. The third-order valence-electron chi connectivity index (χ3n) is 6.73. The van der Waals surface area contributed by atoms with E-state index in [9.17, 15) is 19.2 Å². The van der Waals surface area contributed by atoms with Gasteiger partial charge in [0.05, 0.1) is 6.04 Å². The van der Waals surface area contributed by atoms with Crippen LogP contribution < -0.4 is 21.7 Å². The molecule has 4 unspecified atom stereocenters. The van der Waals surface area contributed by atoms with Crippen LogP contribution in [0.15, 0.2) is 60.9 Å². The normalized spacial score (nSPS) is 14.3. The number of carbonyl (C=O) groups is 4. The van der Waals surface area contributed by atoms with E-state index in [0.29, 0.717) is 0 Å². The van der Waals surface area contributed by atoms with Crippen LogP contribution in [0.4, 0.5) is 0 Å². The van der Waals surface area contributed by atoms with Crippen LogP contribution in [-0.4, -0.2) is 68.7 Å². The maximum absolute atomic E-state index is 13.4. The largest absolute Gasteiger partial charge is 0.480 e. The van der Waals surface area contributed by atoms with Crippen molar-refractivity contribution in [2.24, 2.45) is 5.73 Å². The molecule has 0 radical (unpaired) electrons. The first kappa shape index (κ1) is 28.7. The highest BCUT2D eigenvalue weighted by Gasteiger charge is 2.30. The van der Waals surface area contributed by atoms with Crippen LogP contribution in [0.2, 0.25) is 0 Å². The Kier molecular flexibility index (Phi) is 9.12. The Morgan fingerprint density at radius 3 is 1.85 bits per heavy atom. The lowest BCUT2D eigenvalue weighted by molar-refractivity contribution is -0.141. The van der Waals surface area contributed by atoms with E-state index in [0.717, 1.165) is 32.9 Å². The summed E-state index contributed by atoms with van der Waals surface area (Å²) < 4.78 is 0. The molecule has 0 aliphatic carbocycles. The fourth-order valence-corrected chi connectivity index (χ4v) is 4.74. The first-order chi connectivity index (χ1) is 19.2. The Labute approximate surface area is 235 Å². The number of para-hydroxylation sites is 2. The first-order valence-electron chi connectivity index (χ1n) is 12.8. The lowest BCUT2D eigenvalue weighted by Gasteiger charge is -2.24. The van der Waals surface area contributed by atoms with E-state index in [2.05, 4.69) is 38.5 Å². The van der Waals surface area contributed by atoms with Gasteiger partial charge in [-0.25, -0.2) is 0 Å². The number of nitrogens with one attached hydrogen (secondary N) is 5. The lowest BCUT2D eigenvalue weighted by Crippen LogP contribution is -2.58. The van der Waals surface area contributed by atoms with Gasteiger partial charge in [0.25, 0.3) is 0 Å². The summed E-state index contributed by atoms with van der Waals surface area (Å²) in [7, 11) is 0. The number of amides is 3. The second-order valence-electron chi connectivity index (χ2n) is 9.61. The predicted octanol–water partition coefficient (Wildman–Crippen LogP) is 1.25. The minimum Gasteiger partial charge on any atom is -0.480 e. The van der Waals surface area contributed by atoms with Crippen molar-refractivity contribution in [2.45, 2.75) is 43.9 Å². The number of aromatic amines is 2. The Morgan fingerprint density at radius 1 is 0.800 bits per heavy atom. The highest BCUT2D eigenvalue weighted by Crippen LogP contribution is 2.20. The van der Waals surface area contributed by atoms with Gasteiger partial charge in [-0.2, -0.15) is 12.6 Å². The third-order valence-corrected chi connectivity index (χ3v) is 7.09. The Balaban J connectivity index is 1.52. The van der Waals surface area contributed by atoms with E-state index < -0.39 is 47.9 Å². The Bertz CT molecular complexity index is 1530. The van der Waals surface area contributed by atoms with Gasteiger partial charge in [-0.1, -0.05) is 36.4 Å². The molecule has 40 heavy (non-hydrogen) atoms. The van der Waals surface area contributed by atoms with Gasteiger partial charge in [-0.3, -0.25) is 19.2 Å². The number of aliphatic carboxylic acids is 1. The molecule has 2 aromatic carbocycles. The van der Waals surface area contributed by atoms with Crippen molar-refractivity contribution in [1.29, 1.82) is 0 Å². The van der Waals surface area contributed by atoms with Gasteiger partial charge in [0, 0.05) is 46.4 Å². The minimum absolute atomic E-state index is 0.0856. The molecule has 210 valence electrons. The zero-order valence-electron chi connectivity index (χ0n) is 21.8. The number of benzene rings is 2. The number of carbonyl (C=O) groups excluding carboxylic acids is 3. The van der Waals surface area contributed by atoms with Crippen molar-refractivity contribution in [3.05, 3.63) is 72.1 Å². The molecule has 0 aliphatic heterocycles. The average molecular weight is 565 g/mol. The van der Waals surface area contributed by atoms with Crippen molar-refractivity contribution in [3.63, 3.8) is 0 Å². The topological polar surface area (TPSA) is 182 Å². The smallest absolute Gasteiger partial charge is 0.325 e. The minimum atomic E-state index is -1.22. The van der Waals surface area contributed by atoms with Crippen molar-refractivity contribution >= 4 is 58.1 Å². The molecule has 4 aromatic rings. The molecule has 0 saturated heterocycles. The maximum Gasteiger partial charge on any atom is 0.325 e. The van der Waals surface area contributed by atoms with Gasteiger partial charge >= 0.3 is 5.97 Å². The fraction of sp³-hybridized carbons (Fsp3) is 0.286. The molecule has 0 aliphatic rings. The first-order valence-corrected chi connectivity index (χ1v) is 13.4. The van der Waals surface area contributed by atoms with Crippen LogP contribution >= 0.6 is 12.6 Å². The number of carboxylic acid groups (broad SMARTS) is 1. The lowest BCUT2D eigenvalue weighted by atomic mass is 10.0. The van der Waals surface area contributed by atoms with Gasteiger partial charge in [0.1, 0.15) is 18.1 Å². The molecule has 3 amide bonds. The molecule has 0 bridgehead atoms. The summed E-state index contributed by atoms with van der Waals surface area (Å²) in [6.07, 6.45) is 3.93. The van der Waals surface area contributed by atoms with Crippen LogP contribution in [0, 0.1) is 0 Å². The molecular weight excluding hydrogens is 532 g/mol. The van der Waals surface area contributed by atoms with Crippen LogP contribution in [0.1, 0.15) is 18.1 Å². The second kappa shape index (κ2) is 12.7. The standard InChI is InChI=1S/C28H32N6O5S/c1-15(28(38)39)32-27(37)24(14-40)34-26(36)23(11-17-13-31-22-9-5-3-7-19(17)22)33-25(35)20(29)10-16-12-30-21-8-4-2-6-18(16)21/h2-9,12-13,15,20,23-24,30-31,40H,10-11,14,29H2,1H3,(H,32,37)(H,33,35)(H,34,36)(H,38,39). The molecule has 4 rings (SSSR count). The maximum atomic E-state index is 13.4. The summed E-state index contributed by atoms with van der Waals surface area (Å²) in [5, 5.41) is 18.6. The number of rotatable bonds is 12. The Morgan fingerprint density at radius 2 is 1.30 bits per heavy atom. The fourth-order valence-electron chi connectivity index (χ4n) is 4.48. The van der Waals surface area contributed by atoms with E-state index in [4.69, 9.17) is 10.8 Å². The quantitative estimate of drug-likeness (QED) is 0.120. The molecule has 0 spiro atoms. The molecule has 2 aromatic heterocycles. The van der Waals surface area contributed by atoms with Gasteiger partial charge in [0.15, 0.2) is 0 Å². The van der Waals surface area contributed by atoms with Crippen molar-refractivity contribution in [3.8, 4) is 0 Å². The van der Waals surface area contributed by atoms with E-state index in [1.807, 2.05) is 54.7 Å². The van der Waals surface area contributed by atoms with E-state index in [1.54, 1.807) is 6.20 Å². The molecule has 8 N–H and O–H groups in total. The number of hydrogen-bond donors (Lipinski definition) is 8. The number of thiol groups is 1. The van der Waals surface area contributed by atoms with Crippen molar-refractivity contribution < 1.29 is 24.3 Å². The number of carboxylic acids is 1. The highest BCUT2D eigenvalue weighted by atomic mass is 32.1. The second-order valence-corrected chi connectivity index (χ2v) is 9.97. The highest BCUT2D eigenvalue weighted by molar-refractivity contribution is 7.80. The number of H-pyrrole nitrogens is 2. The summed E-state index contributed by atoms with van der Waals surface area (Å²) >= 11 is 4.15. The molecular formula is C28H32N6O5S. The van der Waals surface area contributed by atoms with Crippen LogP contribution in [0.5, 0.6) is 0 Å². The van der Waals surface area contributed by atoms with Crippen LogP contribution in [0.25, 0.3) is 21.8 Å². The molecule has 0 fully saturated rings. The SMILES string of the molecule is CC(NC(=O)C(CS)NC(=O)C(Cc1c[nH]c2ccccc12)NC(=O)C(N)Cc1c[nH]c2ccccc12)C(=O)O. The average Bonchev–Trinajstić information content (AvgIpc) is 3.55. The number of hydrogen-bond acceptors (Lipinski definition) is 6. The zero-order chi connectivity index (χ0) is 28.8. The molecule has 12 heteroatoms. The monoisotopic (exact) mass is 564 g/mol. The van der Waals surface area contributed by atoms with Gasteiger partial charge < -0.3 is 36.8 Å². The summed E-state index contributed by atoms with van der Waals surface area (Å²) in [5.74, 6) is -3.16. The predicted molar refractivity (Wildman–Crippen MR) is 155 cm³/mol. The number of aromatic nitrogens is 2. The molecule has 11 nitrogen and oxygen atoms in total. The van der Waals surface area contributed by atoms with Gasteiger partial charge in [-0.05, 0) is 36.6 Å². The number of fused-ring (bicyclic) bond motifs is 2. The van der Waals surface area contributed by atoms with Crippen LogP contribution in [0.3, 0.4) is 0 Å². The Hall–Kier alpha value is -4.29. The van der Waals surface area contributed by atoms with Gasteiger partial charge in [-0.15, -0.1) is 0 Å². The summed E-state index contributed by atoms with van der Waals surface area (Å²) in [5.41, 5.74) is 9.73. The van der Waals surface area contributed by atoms with E-state index >= 15 is 0 Å². The summed E-state index contributed by atoms with van der Waals surface area (Å²) in [6.45, 7) is 1.31.